The van der Waals surface area contributed by atoms with Crippen LogP contribution in [0.15, 0.2) is 58.2 Å². The highest BCUT2D eigenvalue weighted by atomic mass is 32.2. The van der Waals surface area contributed by atoms with Crippen molar-refractivity contribution in [1.82, 2.24) is 10.2 Å². The van der Waals surface area contributed by atoms with Crippen molar-refractivity contribution in [2.24, 2.45) is 0 Å². The third-order valence-corrected chi connectivity index (χ3v) is 5.17. The second-order valence-electron chi connectivity index (χ2n) is 6.59. The van der Waals surface area contributed by atoms with Crippen LogP contribution < -0.4 is 10.1 Å². The lowest BCUT2D eigenvalue weighted by Gasteiger charge is -2.15. The first-order valence-corrected chi connectivity index (χ1v) is 9.90. The maximum Gasteiger partial charge on any atom is 0.277 e. The number of ether oxygens (including phenoxy) is 1. The first-order valence-electron chi connectivity index (χ1n) is 9.02. The molecule has 0 saturated carbocycles. The quantitative estimate of drug-likeness (QED) is 0.566. The van der Waals surface area contributed by atoms with Gasteiger partial charge in [-0.1, -0.05) is 43.8 Å². The molecule has 1 amide bonds. The van der Waals surface area contributed by atoms with E-state index in [2.05, 4.69) is 29.4 Å². The molecule has 6 nitrogen and oxygen atoms in total. The lowest BCUT2D eigenvalue weighted by Crippen LogP contribution is -2.23. The van der Waals surface area contributed by atoms with Gasteiger partial charge in [0.1, 0.15) is 5.75 Å². The standard InChI is InChI=1S/C21H23N3O3S/c1-13(2)17-7-5-6-8-18(17)22-19(25)14(3)28-21-24-23-20(27-21)15-9-11-16(26-4)12-10-15/h5-14H,1-4H3,(H,22,25)/t14-/m1/s1. The Morgan fingerprint density at radius 1 is 1.07 bits per heavy atom. The highest BCUT2D eigenvalue weighted by molar-refractivity contribution is 8.00. The number of hydrogen-bond donors (Lipinski definition) is 1. The SMILES string of the molecule is COc1ccc(-c2nnc(S[C@H](C)C(=O)Nc3ccccc3C(C)C)o2)cc1. The average Bonchev–Trinajstić information content (AvgIpc) is 3.16. The predicted molar refractivity (Wildman–Crippen MR) is 111 cm³/mol. The summed E-state index contributed by atoms with van der Waals surface area (Å²) < 4.78 is 10.8. The zero-order chi connectivity index (χ0) is 20.1. The molecular formula is C21H23N3O3S. The Morgan fingerprint density at radius 2 is 1.79 bits per heavy atom. The minimum absolute atomic E-state index is 0.109. The van der Waals surface area contributed by atoms with Gasteiger partial charge in [-0.25, -0.2) is 0 Å². The van der Waals surface area contributed by atoms with Crippen molar-refractivity contribution < 1.29 is 13.9 Å². The van der Waals surface area contributed by atoms with Crippen molar-refractivity contribution in [3.63, 3.8) is 0 Å². The van der Waals surface area contributed by atoms with Gasteiger partial charge >= 0.3 is 0 Å². The fourth-order valence-electron chi connectivity index (χ4n) is 2.66. The van der Waals surface area contributed by atoms with Gasteiger partial charge in [0.15, 0.2) is 0 Å². The van der Waals surface area contributed by atoms with Crippen LogP contribution in [-0.4, -0.2) is 28.5 Å². The van der Waals surface area contributed by atoms with Gasteiger partial charge in [0.25, 0.3) is 5.22 Å². The van der Waals surface area contributed by atoms with Crippen LogP contribution in [0.5, 0.6) is 5.75 Å². The molecule has 0 fully saturated rings. The Hall–Kier alpha value is -2.80. The fraction of sp³-hybridized carbons (Fsp3) is 0.286. The van der Waals surface area contributed by atoms with E-state index in [1.807, 2.05) is 55.5 Å². The minimum Gasteiger partial charge on any atom is -0.497 e. The van der Waals surface area contributed by atoms with Crippen LogP contribution >= 0.6 is 11.8 Å². The van der Waals surface area contributed by atoms with Crippen LogP contribution in [0.25, 0.3) is 11.5 Å². The molecule has 1 atom stereocenters. The summed E-state index contributed by atoms with van der Waals surface area (Å²) in [5.74, 6) is 1.37. The largest absolute Gasteiger partial charge is 0.497 e. The van der Waals surface area contributed by atoms with Crippen molar-refractivity contribution >= 4 is 23.4 Å². The zero-order valence-electron chi connectivity index (χ0n) is 16.3. The van der Waals surface area contributed by atoms with Crippen LogP contribution in [0, 0.1) is 0 Å². The maximum absolute atomic E-state index is 12.6. The summed E-state index contributed by atoms with van der Waals surface area (Å²) in [5.41, 5.74) is 2.73. The lowest BCUT2D eigenvalue weighted by atomic mass is 10.0. The van der Waals surface area contributed by atoms with E-state index in [1.165, 1.54) is 11.8 Å². The normalized spacial score (nSPS) is 12.0. The highest BCUT2D eigenvalue weighted by Gasteiger charge is 2.20. The molecule has 3 rings (SSSR count). The molecule has 1 heterocycles. The van der Waals surface area contributed by atoms with E-state index >= 15 is 0 Å². The van der Waals surface area contributed by atoms with Crippen molar-refractivity contribution in [2.45, 2.75) is 37.2 Å². The Labute approximate surface area is 168 Å². The Balaban J connectivity index is 1.65. The number of amides is 1. The van der Waals surface area contributed by atoms with E-state index in [0.29, 0.717) is 17.0 Å². The molecule has 1 N–H and O–H groups in total. The summed E-state index contributed by atoms with van der Waals surface area (Å²) in [6, 6.07) is 15.2. The molecule has 0 spiro atoms. The van der Waals surface area contributed by atoms with Gasteiger partial charge in [-0.3, -0.25) is 4.79 Å². The van der Waals surface area contributed by atoms with Crippen LogP contribution in [-0.2, 0) is 4.79 Å². The van der Waals surface area contributed by atoms with Crippen molar-refractivity contribution in [3.8, 4) is 17.2 Å². The van der Waals surface area contributed by atoms with Crippen LogP contribution in [0.4, 0.5) is 5.69 Å². The van der Waals surface area contributed by atoms with Gasteiger partial charge in [0, 0.05) is 11.3 Å². The second-order valence-corrected chi connectivity index (χ2v) is 7.88. The topological polar surface area (TPSA) is 77.2 Å². The summed E-state index contributed by atoms with van der Waals surface area (Å²) in [6.07, 6.45) is 0. The number of aromatic nitrogens is 2. The van der Waals surface area contributed by atoms with E-state index in [1.54, 1.807) is 7.11 Å². The third kappa shape index (κ3) is 4.72. The molecule has 0 radical (unpaired) electrons. The lowest BCUT2D eigenvalue weighted by molar-refractivity contribution is -0.115. The predicted octanol–water partition coefficient (Wildman–Crippen LogP) is 4.99. The van der Waals surface area contributed by atoms with Gasteiger partial charge < -0.3 is 14.5 Å². The number of rotatable bonds is 7. The number of methoxy groups -OCH3 is 1. The molecule has 0 aliphatic heterocycles. The number of nitrogens with zero attached hydrogens (tertiary/aromatic N) is 2. The van der Waals surface area contributed by atoms with E-state index in [4.69, 9.17) is 9.15 Å². The minimum atomic E-state index is -0.385. The van der Waals surface area contributed by atoms with Crippen LogP contribution in [0.3, 0.4) is 0 Å². The smallest absolute Gasteiger partial charge is 0.277 e. The Kier molecular flexibility index (Phi) is 6.36. The number of anilines is 1. The zero-order valence-corrected chi connectivity index (χ0v) is 17.1. The molecule has 3 aromatic rings. The van der Waals surface area contributed by atoms with E-state index in [9.17, 15) is 4.79 Å². The number of para-hydroxylation sites is 1. The van der Waals surface area contributed by atoms with E-state index in [-0.39, 0.29) is 11.2 Å². The number of thioether (sulfide) groups is 1. The van der Waals surface area contributed by atoms with E-state index in [0.717, 1.165) is 22.6 Å². The molecule has 0 bridgehead atoms. The molecule has 146 valence electrons. The average molecular weight is 398 g/mol. The van der Waals surface area contributed by atoms with Gasteiger partial charge in [-0.05, 0) is 48.7 Å². The number of benzene rings is 2. The number of carbonyl (C=O) groups excluding carboxylic acids is 1. The van der Waals surface area contributed by atoms with Gasteiger partial charge in [0.05, 0.1) is 12.4 Å². The van der Waals surface area contributed by atoms with Gasteiger partial charge in [-0.15, -0.1) is 10.2 Å². The van der Waals surface area contributed by atoms with Crippen molar-refractivity contribution in [3.05, 3.63) is 54.1 Å². The number of carbonyl (C=O) groups is 1. The second kappa shape index (κ2) is 8.93. The molecule has 2 aromatic carbocycles. The number of nitrogens with one attached hydrogen (secondary N) is 1. The molecule has 1 aromatic heterocycles. The first kappa shape index (κ1) is 19.9. The molecule has 0 unspecified atom stereocenters. The van der Waals surface area contributed by atoms with Crippen molar-refractivity contribution in [1.29, 1.82) is 0 Å². The Morgan fingerprint density at radius 3 is 2.46 bits per heavy atom. The molecule has 7 heteroatoms. The van der Waals surface area contributed by atoms with Crippen LogP contribution in [0.2, 0.25) is 0 Å². The summed E-state index contributed by atoms with van der Waals surface area (Å²) >= 11 is 1.23. The molecule has 0 aliphatic rings. The molecule has 28 heavy (non-hydrogen) atoms. The number of hydrogen-bond acceptors (Lipinski definition) is 6. The Bertz CT molecular complexity index is 938. The third-order valence-electron chi connectivity index (χ3n) is 4.23. The van der Waals surface area contributed by atoms with E-state index < -0.39 is 0 Å². The fourth-order valence-corrected chi connectivity index (χ4v) is 3.34. The summed E-state index contributed by atoms with van der Waals surface area (Å²) in [4.78, 5) is 12.6. The molecular weight excluding hydrogens is 374 g/mol. The molecule has 0 aliphatic carbocycles. The highest BCUT2D eigenvalue weighted by Crippen LogP contribution is 2.29. The summed E-state index contributed by atoms with van der Waals surface area (Å²) in [7, 11) is 1.61. The van der Waals surface area contributed by atoms with Crippen LogP contribution in [0.1, 0.15) is 32.3 Å². The van der Waals surface area contributed by atoms with Gasteiger partial charge in [0.2, 0.25) is 11.8 Å². The summed E-state index contributed by atoms with van der Waals surface area (Å²) in [6.45, 7) is 6.01. The first-order chi connectivity index (χ1) is 13.5. The van der Waals surface area contributed by atoms with Gasteiger partial charge in [-0.2, -0.15) is 0 Å². The summed E-state index contributed by atoms with van der Waals surface area (Å²) in [5, 5.41) is 11.1. The monoisotopic (exact) mass is 397 g/mol. The van der Waals surface area contributed by atoms with Crippen molar-refractivity contribution in [2.75, 3.05) is 12.4 Å². The molecule has 0 saturated heterocycles. The maximum atomic E-state index is 12.6.